The molecule has 1 amide bonds. The van der Waals surface area contributed by atoms with Crippen LogP contribution >= 0.6 is 0 Å². The molecule has 150 valence electrons. The van der Waals surface area contributed by atoms with E-state index in [1.807, 2.05) is 52.0 Å². The van der Waals surface area contributed by atoms with Gasteiger partial charge in [-0.15, -0.1) is 0 Å². The van der Waals surface area contributed by atoms with Crippen molar-refractivity contribution in [2.45, 2.75) is 45.4 Å². The topological polar surface area (TPSA) is 79.4 Å². The van der Waals surface area contributed by atoms with Crippen LogP contribution in [0.5, 0.6) is 0 Å². The third-order valence-electron chi connectivity index (χ3n) is 5.19. The van der Waals surface area contributed by atoms with Crippen LogP contribution in [0.2, 0.25) is 0 Å². The van der Waals surface area contributed by atoms with E-state index in [0.29, 0.717) is 36.6 Å². The summed E-state index contributed by atoms with van der Waals surface area (Å²) in [6.07, 6.45) is 2.66. The Bertz CT molecular complexity index is 971. The lowest BCUT2D eigenvalue weighted by molar-refractivity contribution is -0.120. The van der Waals surface area contributed by atoms with Gasteiger partial charge in [0.05, 0.1) is 4.90 Å². The Hall–Kier alpha value is -2.25. The SMILES string of the molecule is Cc1ccnc(NC(=O)C2CCN(S(=O)(=O)c3c(C)cc(C)cc3C)CC2)c1. The number of anilines is 1. The number of sulfonamides is 1. The minimum absolute atomic E-state index is 0.0992. The molecule has 1 aliphatic heterocycles. The Morgan fingerprint density at radius 3 is 2.21 bits per heavy atom. The number of rotatable bonds is 4. The van der Waals surface area contributed by atoms with Crippen LogP contribution in [0.25, 0.3) is 0 Å². The quantitative estimate of drug-likeness (QED) is 0.852. The van der Waals surface area contributed by atoms with Gasteiger partial charge in [-0.2, -0.15) is 4.31 Å². The number of hydrogen-bond acceptors (Lipinski definition) is 4. The summed E-state index contributed by atoms with van der Waals surface area (Å²) in [4.78, 5) is 17.1. The molecule has 0 atom stereocenters. The first kappa shape index (κ1) is 20.5. The number of amides is 1. The molecular formula is C21H27N3O3S. The maximum atomic E-state index is 13.2. The molecule has 0 saturated carbocycles. The first-order chi connectivity index (χ1) is 13.2. The Labute approximate surface area is 167 Å². The van der Waals surface area contributed by atoms with Gasteiger partial charge in [0.2, 0.25) is 15.9 Å². The van der Waals surface area contributed by atoms with Crippen LogP contribution < -0.4 is 5.32 Å². The van der Waals surface area contributed by atoms with E-state index in [-0.39, 0.29) is 11.8 Å². The van der Waals surface area contributed by atoms with Gasteiger partial charge in [-0.25, -0.2) is 13.4 Å². The van der Waals surface area contributed by atoms with Gasteiger partial charge >= 0.3 is 0 Å². The number of aryl methyl sites for hydroxylation is 4. The van der Waals surface area contributed by atoms with Gasteiger partial charge in [0.1, 0.15) is 5.82 Å². The van der Waals surface area contributed by atoms with Gasteiger partial charge < -0.3 is 5.32 Å². The van der Waals surface area contributed by atoms with Gasteiger partial charge in [0.25, 0.3) is 0 Å². The highest BCUT2D eigenvalue weighted by Crippen LogP contribution is 2.29. The highest BCUT2D eigenvalue weighted by Gasteiger charge is 2.33. The number of benzene rings is 1. The van der Waals surface area contributed by atoms with E-state index >= 15 is 0 Å². The van der Waals surface area contributed by atoms with Crippen molar-refractivity contribution in [2.75, 3.05) is 18.4 Å². The molecule has 7 heteroatoms. The third-order valence-corrected chi connectivity index (χ3v) is 7.40. The second kappa shape index (κ2) is 8.01. The summed E-state index contributed by atoms with van der Waals surface area (Å²) in [6, 6.07) is 7.48. The molecule has 0 radical (unpaired) electrons. The van der Waals surface area contributed by atoms with Crippen LogP contribution in [0.15, 0.2) is 35.4 Å². The number of piperidine rings is 1. The fourth-order valence-corrected chi connectivity index (χ4v) is 5.78. The van der Waals surface area contributed by atoms with Gasteiger partial charge in [-0.3, -0.25) is 4.79 Å². The first-order valence-electron chi connectivity index (χ1n) is 9.50. The predicted molar refractivity (Wildman–Crippen MR) is 110 cm³/mol. The first-order valence-corrected chi connectivity index (χ1v) is 10.9. The van der Waals surface area contributed by atoms with E-state index in [1.54, 1.807) is 6.20 Å². The van der Waals surface area contributed by atoms with E-state index in [0.717, 1.165) is 22.3 Å². The second-order valence-electron chi connectivity index (χ2n) is 7.61. The predicted octanol–water partition coefficient (Wildman–Crippen LogP) is 3.35. The molecule has 0 spiro atoms. The molecule has 2 aromatic rings. The fraction of sp³-hybridized carbons (Fsp3) is 0.429. The Morgan fingerprint density at radius 1 is 1.04 bits per heavy atom. The monoisotopic (exact) mass is 401 g/mol. The highest BCUT2D eigenvalue weighted by molar-refractivity contribution is 7.89. The molecule has 0 aliphatic carbocycles. The maximum Gasteiger partial charge on any atom is 0.243 e. The van der Waals surface area contributed by atoms with Crippen molar-refractivity contribution in [3.63, 3.8) is 0 Å². The normalized spacial score (nSPS) is 16.1. The summed E-state index contributed by atoms with van der Waals surface area (Å²) in [5, 5.41) is 2.84. The number of nitrogens with one attached hydrogen (secondary N) is 1. The summed E-state index contributed by atoms with van der Waals surface area (Å²) in [7, 11) is -3.56. The number of pyridine rings is 1. The molecule has 1 fully saturated rings. The molecule has 1 saturated heterocycles. The zero-order valence-corrected chi connectivity index (χ0v) is 17.6. The van der Waals surface area contributed by atoms with E-state index in [9.17, 15) is 13.2 Å². The van der Waals surface area contributed by atoms with Crippen molar-refractivity contribution in [1.29, 1.82) is 0 Å². The minimum atomic E-state index is -3.56. The van der Waals surface area contributed by atoms with Gasteiger partial charge in [0.15, 0.2) is 0 Å². The molecule has 6 nitrogen and oxygen atoms in total. The molecule has 0 unspecified atom stereocenters. The summed E-state index contributed by atoms with van der Waals surface area (Å²) in [6.45, 7) is 8.26. The van der Waals surface area contributed by atoms with Crippen molar-refractivity contribution < 1.29 is 13.2 Å². The summed E-state index contributed by atoms with van der Waals surface area (Å²) < 4.78 is 27.8. The van der Waals surface area contributed by atoms with E-state index in [1.165, 1.54) is 4.31 Å². The molecular weight excluding hydrogens is 374 g/mol. The lowest BCUT2D eigenvalue weighted by Gasteiger charge is -2.31. The Morgan fingerprint density at radius 2 is 1.64 bits per heavy atom. The van der Waals surface area contributed by atoms with Crippen LogP contribution in [0, 0.1) is 33.6 Å². The van der Waals surface area contributed by atoms with Crippen LogP contribution in [-0.4, -0.2) is 36.7 Å². The minimum Gasteiger partial charge on any atom is -0.310 e. The standard InChI is InChI=1S/C21H27N3O3S/c1-14-5-8-22-19(13-14)23-21(25)18-6-9-24(10-7-18)28(26,27)20-16(3)11-15(2)12-17(20)4/h5,8,11-13,18H,6-7,9-10H2,1-4H3,(H,22,23,25). The van der Waals surface area contributed by atoms with E-state index in [4.69, 9.17) is 0 Å². The van der Waals surface area contributed by atoms with Crippen molar-refractivity contribution in [1.82, 2.24) is 9.29 Å². The largest absolute Gasteiger partial charge is 0.310 e. The van der Waals surface area contributed by atoms with Crippen molar-refractivity contribution >= 4 is 21.7 Å². The summed E-state index contributed by atoms with van der Waals surface area (Å²) >= 11 is 0. The maximum absolute atomic E-state index is 13.2. The lowest BCUT2D eigenvalue weighted by Crippen LogP contribution is -2.41. The van der Waals surface area contributed by atoms with E-state index in [2.05, 4.69) is 10.3 Å². The third kappa shape index (κ3) is 4.25. The molecule has 1 N–H and O–H groups in total. The molecule has 1 aromatic carbocycles. The van der Waals surface area contributed by atoms with Crippen molar-refractivity contribution in [2.24, 2.45) is 5.92 Å². The van der Waals surface area contributed by atoms with Crippen LogP contribution in [-0.2, 0) is 14.8 Å². The van der Waals surface area contributed by atoms with Gasteiger partial charge in [0, 0.05) is 25.2 Å². The van der Waals surface area contributed by atoms with Crippen molar-refractivity contribution in [3.05, 3.63) is 52.7 Å². The molecule has 3 rings (SSSR count). The highest BCUT2D eigenvalue weighted by atomic mass is 32.2. The second-order valence-corrected chi connectivity index (χ2v) is 9.49. The molecule has 0 bridgehead atoms. The molecule has 1 aliphatic rings. The van der Waals surface area contributed by atoms with Crippen LogP contribution in [0.4, 0.5) is 5.82 Å². The van der Waals surface area contributed by atoms with Crippen LogP contribution in [0.3, 0.4) is 0 Å². The average Bonchev–Trinajstić information content (AvgIpc) is 2.60. The van der Waals surface area contributed by atoms with E-state index < -0.39 is 10.0 Å². The molecule has 28 heavy (non-hydrogen) atoms. The molecule has 1 aromatic heterocycles. The average molecular weight is 402 g/mol. The van der Waals surface area contributed by atoms with Crippen LogP contribution in [0.1, 0.15) is 35.1 Å². The zero-order valence-electron chi connectivity index (χ0n) is 16.8. The van der Waals surface area contributed by atoms with Gasteiger partial charge in [-0.05, 0) is 69.4 Å². The smallest absolute Gasteiger partial charge is 0.243 e. The van der Waals surface area contributed by atoms with Gasteiger partial charge in [-0.1, -0.05) is 17.7 Å². The number of aromatic nitrogens is 1. The fourth-order valence-electron chi connectivity index (χ4n) is 3.89. The summed E-state index contributed by atoms with van der Waals surface area (Å²) in [5.41, 5.74) is 3.61. The summed E-state index contributed by atoms with van der Waals surface area (Å²) in [5.74, 6) is 0.220. The number of carbonyl (C=O) groups excluding carboxylic acids is 1. The lowest BCUT2D eigenvalue weighted by atomic mass is 9.97. The number of hydrogen-bond donors (Lipinski definition) is 1. The Kier molecular flexibility index (Phi) is 5.86. The van der Waals surface area contributed by atoms with Crippen molar-refractivity contribution in [3.8, 4) is 0 Å². The Balaban J connectivity index is 1.69. The molecule has 2 heterocycles. The number of nitrogens with zero attached hydrogens (tertiary/aromatic N) is 2. The zero-order chi connectivity index (χ0) is 20.5. The number of carbonyl (C=O) groups is 1.